The average molecular weight is 377 g/mol. The third-order valence-electron chi connectivity index (χ3n) is 2.82. The van der Waals surface area contributed by atoms with Crippen LogP contribution in [0, 0.1) is 11.3 Å². The Hall–Kier alpha value is -1.08. The molecular weight excluding hydrogens is 356 g/mol. The lowest BCUT2D eigenvalue weighted by molar-refractivity contribution is -0.142. The van der Waals surface area contributed by atoms with Crippen molar-refractivity contribution in [2.24, 2.45) is 11.3 Å². The van der Waals surface area contributed by atoms with Crippen LogP contribution in [0.1, 0.15) is 32.1 Å². The molecule has 7 heteroatoms. The van der Waals surface area contributed by atoms with Crippen LogP contribution in [0.4, 0.5) is 4.79 Å². The second kappa shape index (κ2) is 7.79. The summed E-state index contributed by atoms with van der Waals surface area (Å²) in [5.74, 6) is -1.46. The Morgan fingerprint density at radius 1 is 1.38 bits per heavy atom. The van der Waals surface area contributed by atoms with Crippen LogP contribution in [0.5, 0.6) is 0 Å². The van der Waals surface area contributed by atoms with Gasteiger partial charge in [-0.05, 0) is 39.2 Å². The first-order chi connectivity index (χ1) is 9.69. The number of rotatable bonds is 6. The third-order valence-corrected chi connectivity index (χ3v) is 4.74. The van der Waals surface area contributed by atoms with Gasteiger partial charge in [-0.15, -0.1) is 11.3 Å². The van der Waals surface area contributed by atoms with Crippen LogP contribution >= 0.6 is 27.3 Å². The van der Waals surface area contributed by atoms with Crippen molar-refractivity contribution in [3.05, 3.63) is 20.8 Å². The first-order valence-corrected chi connectivity index (χ1v) is 8.32. The van der Waals surface area contributed by atoms with Crippen molar-refractivity contribution in [2.75, 3.05) is 6.54 Å². The zero-order valence-corrected chi connectivity index (χ0v) is 14.8. The Labute approximate surface area is 137 Å². The Morgan fingerprint density at radius 2 is 2.05 bits per heavy atom. The molecule has 0 fully saturated rings. The van der Waals surface area contributed by atoms with E-state index < -0.39 is 11.9 Å². The van der Waals surface area contributed by atoms with Crippen LogP contribution in [-0.4, -0.2) is 23.7 Å². The van der Waals surface area contributed by atoms with Gasteiger partial charge in [0.05, 0.1) is 12.5 Å². The van der Waals surface area contributed by atoms with Crippen molar-refractivity contribution in [1.82, 2.24) is 10.6 Å². The smallest absolute Gasteiger partial charge is 0.315 e. The molecule has 1 atom stereocenters. The molecule has 0 aliphatic heterocycles. The largest absolute Gasteiger partial charge is 0.481 e. The summed E-state index contributed by atoms with van der Waals surface area (Å²) in [5, 5.41) is 16.5. The number of carboxylic acids is 1. The second-order valence-corrected chi connectivity index (χ2v) is 7.91. The first kappa shape index (κ1) is 18.0. The van der Waals surface area contributed by atoms with E-state index in [9.17, 15) is 14.7 Å². The van der Waals surface area contributed by atoms with Crippen molar-refractivity contribution >= 4 is 39.3 Å². The lowest BCUT2D eigenvalue weighted by Crippen LogP contribution is -2.40. The predicted octanol–water partition coefficient (Wildman–Crippen LogP) is 3.45. The zero-order chi connectivity index (χ0) is 16.0. The number of halogens is 1. The molecule has 0 aliphatic rings. The van der Waals surface area contributed by atoms with Crippen LogP contribution < -0.4 is 10.6 Å². The topological polar surface area (TPSA) is 78.4 Å². The highest BCUT2D eigenvalue weighted by Gasteiger charge is 2.24. The maximum absolute atomic E-state index is 11.7. The van der Waals surface area contributed by atoms with Crippen molar-refractivity contribution in [3.8, 4) is 0 Å². The maximum atomic E-state index is 11.7. The minimum Gasteiger partial charge on any atom is -0.481 e. The summed E-state index contributed by atoms with van der Waals surface area (Å²) in [6.45, 7) is 6.50. The van der Waals surface area contributed by atoms with E-state index in [4.69, 9.17) is 0 Å². The van der Waals surface area contributed by atoms with E-state index in [1.165, 1.54) is 0 Å². The van der Waals surface area contributed by atoms with Gasteiger partial charge < -0.3 is 15.7 Å². The van der Waals surface area contributed by atoms with Crippen LogP contribution in [0.2, 0.25) is 0 Å². The standard InChI is InChI=1S/C14H21BrN2O3S/c1-14(2,3)6-9(12(18)19)7-16-13(20)17-8-11-10(15)4-5-21-11/h4-5,9H,6-8H2,1-3H3,(H,18,19)(H2,16,17,20). The number of hydrogen-bond donors (Lipinski definition) is 3. The summed E-state index contributed by atoms with van der Waals surface area (Å²) in [6, 6.07) is 1.57. The summed E-state index contributed by atoms with van der Waals surface area (Å²) in [7, 11) is 0. The molecule has 1 rings (SSSR count). The van der Waals surface area contributed by atoms with Gasteiger partial charge in [0, 0.05) is 15.9 Å². The quantitative estimate of drug-likeness (QED) is 0.711. The van der Waals surface area contributed by atoms with E-state index in [0.717, 1.165) is 9.35 Å². The normalized spacial score (nSPS) is 12.8. The molecule has 0 spiro atoms. The molecule has 0 aliphatic carbocycles. The lowest BCUT2D eigenvalue weighted by Gasteiger charge is -2.23. The fourth-order valence-corrected chi connectivity index (χ4v) is 3.31. The van der Waals surface area contributed by atoms with Crippen molar-refractivity contribution in [3.63, 3.8) is 0 Å². The monoisotopic (exact) mass is 376 g/mol. The molecule has 21 heavy (non-hydrogen) atoms. The van der Waals surface area contributed by atoms with Crippen molar-refractivity contribution in [2.45, 2.75) is 33.7 Å². The van der Waals surface area contributed by atoms with Gasteiger partial charge in [-0.25, -0.2) is 4.79 Å². The number of thiophene rings is 1. The summed E-state index contributed by atoms with van der Waals surface area (Å²) in [4.78, 5) is 23.9. The molecule has 2 amide bonds. The van der Waals surface area contributed by atoms with Gasteiger partial charge in [0.15, 0.2) is 0 Å². The van der Waals surface area contributed by atoms with Gasteiger partial charge in [-0.3, -0.25) is 4.79 Å². The average Bonchev–Trinajstić information content (AvgIpc) is 2.76. The molecular formula is C14H21BrN2O3S. The number of hydrogen-bond acceptors (Lipinski definition) is 3. The van der Waals surface area contributed by atoms with E-state index in [0.29, 0.717) is 13.0 Å². The van der Waals surface area contributed by atoms with Gasteiger partial charge >= 0.3 is 12.0 Å². The molecule has 1 heterocycles. The molecule has 1 unspecified atom stereocenters. The molecule has 118 valence electrons. The molecule has 0 bridgehead atoms. The van der Waals surface area contributed by atoms with E-state index in [1.54, 1.807) is 11.3 Å². The number of aliphatic carboxylic acids is 1. The molecule has 0 saturated heterocycles. The highest BCUT2D eigenvalue weighted by atomic mass is 79.9. The van der Waals surface area contributed by atoms with Gasteiger partial charge in [0.2, 0.25) is 0 Å². The van der Waals surface area contributed by atoms with E-state index in [2.05, 4.69) is 26.6 Å². The van der Waals surface area contributed by atoms with E-state index in [1.807, 2.05) is 32.2 Å². The predicted molar refractivity (Wildman–Crippen MR) is 87.5 cm³/mol. The fraction of sp³-hybridized carbons (Fsp3) is 0.571. The van der Waals surface area contributed by atoms with Gasteiger partial charge in [0.1, 0.15) is 0 Å². The number of amides is 2. The summed E-state index contributed by atoms with van der Waals surface area (Å²) < 4.78 is 0.962. The molecule has 0 saturated carbocycles. The molecule has 1 aromatic heterocycles. The van der Waals surface area contributed by atoms with E-state index >= 15 is 0 Å². The van der Waals surface area contributed by atoms with Crippen LogP contribution in [0.25, 0.3) is 0 Å². The fourth-order valence-electron chi connectivity index (χ4n) is 1.88. The maximum Gasteiger partial charge on any atom is 0.315 e. The molecule has 5 nitrogen and oxygen atoms in total. The first-order valence-electron chi connectivity index (χ1n) is 6.65. The molecule has 0 aromatic carbocycles. The van der Waals surface area contributed by atoms with Gasteiger partial charge in [-0.1, -0.05) is 20.8 Å². The molecule has 0 radical (unpaired) electrons. The van der Waals surface area contributed by atoms with Crippen molar-refractivity contribution < 1.29 is 14.7 Å². The SMILES string of the molecule is CC(C)(C)CC(CNC(=O)NCc1sccc1Br)C(=O)O. The Kier molecular flexibility index (Phi) is 6.67. The Balaban J connectivity index is 2.40. The Morgan fingerprint density at radius 3 is 2.52 bits per heavy atom. The second-order valence-electron chi connectivity index (χ2n) is 6.06. The third kappa shape index (κ3) is 6.95. The van der Waals surface area contributed by atoms with Crippen molar-refractivity contribution in [1.29, 1.82) is 0 Å². The minimum absolute atomic E-state index is 0.0942. The molecule has 3 N–H and O–H groups in total. The number of nitrogens with one attached hydrogen (secondary N) is 2. The highest BCUT2D eigenvalue weighted by Crippen LogP contribution is 2.24. The number of carbonyl (C=O) groups excluding carboxylic acids is 1. The summed E-state index contributed by atoms with van der Waals surface area (Å²) in [6.07, 6.45) is 0.513. The van der Waals surface area contributed by atoms with Gasteiger partial charge in [0.25, 0.3) is 0 Å². The summed E-state index contributed by atoms with van der Waals surface area (Å²) >= 11 is 4.94. The molecule has 1 aromatic rings. The number of carboxylic acid groups (broad SMARTS) is 1. The van der Waals surface area contributed by atoms with Crippen LogP contribution in [0.3, 0.4) is 0 Å². The van der Waals surface area contributed by atoms with E-state index in [-0.39, 0.29) is 18.0 Å². The van der Waals surface area contributed by atoms with Crippen LogP contribution in [-0.2, 0) is 11.3 Å². The minimum atomic E-state index is -0.883. The number of carbonyl (C=O) groups is 2. The van der Waals surface area contributed by atoms with Crippen LogP contribution in [0.15, 0.2) is 15.9 Å². The number of urea groups is 1. The van der Waals surface area contributed by atoms with Gasteiger partial charge in [-0.2, -0.15) is 0 Å². The Bertz CT molecular complexity index is 497. The lowest BCUT2D eigenvalue weighted by atomic mass is 9.84. The summed E-state index contributed by atoms with van der Waals surface area (Å²) in [5.41, 5.74) is -0.0942. The highest BCUT2D eigenvalue weighted by molar-refractivity contribution is 9.10. The zero-order valence-electron chi connectivity index (χ0n) is 12.4.